The summed E-state index contributed by atoms with van der Waals surface area (Å²) in [7, 11) is 0. The Balaban J connectivity index is 1.41. The molecule has 1 fully saturated rings. The van der Waals surface area contributed by atoms with Crippen molar-refractivity contribution in [2.75, 3.05) is 19.7 Å². The van der Waals surface area contributed by atoms with Crippen LogP contribution in [-0.4, -0.2) is 40.5 Å². The summed E-state index contributed by atoms with van der Waals surface area (Å²) in [5.41, 5.74) is 1.78. The minimum absolute atomic E-state index is 0.0394. The molecule has 0 N–H and O–H groups in total. The lowest BCUT2D eigenvalue weighted by atomic mass is 9.98. The number of aryl methyl sites for hydroxylation is 2. The number of piperidine rings is 1. The Morgan fingerprint density at radius 2 is 2.22 bits per heavy atom. The van der Waals surface area contributed by atoms with Crippen molar-refractivity contribution >= 4 is 16.8 Å². The van der Waals surface area contributed by atoms with Crippen molar-refractivity contribution in [3.05, 3.63) is 53.9 Å². The number of fused-ring (bicyclic) bond motifs is 1. The van der Waals surface area contributed by atoms with Crippen molar-refractivity contribution < 1.29 is 13.9 Å². The van der Waals surface area contributed by atoms with Crippen LogP contribution in [0.15, 0.2) is 41.1 Å². The van der Waals surface area contributed by atoms with E-state index in [9.17, 15) is 4.79 Å². The second-order valence-electron chi connectivity index (χ2n) is 7.12. The van der Waals surface area contributed by atoms with Crippen molar-refractivity contribution in [1.29, 1.82) is 0 Å². The van der Waals surface area contributed by atoms with Crippen LogP contribution in [0.5, 0.6) is 5.75 Å². The van der Waals surface area contributed by atoms with Crippen LogP contribution in [-0.2, 0) is 0 Å². The molecule has 4 rings (SSSR count). The van der Waals surface area contributed by atoms with Crippen LogP contribution in [0.25, 0.3) is 10.9 Å². The number of ether oxygens (including phenoxy) is 1. The van der Waals surface area contributed by atoms with E-state index in [1.54, 1.807) is 18.5 Å². The highest BCUT2D eigenvalue weighted by atomic mass is 16.5. The molecule has 27 heavy (non-hydrogen) atoms. The van der Waals surface area contributed by atoms with E-state index in [0.717, 1.165) is 47.5 Å². The number of hydrogen-bond acceptors (Lipinski definition) is 5. The topological polar surface area (TPSA) is 68.5 Å². The average Bonchev–Trinajstić information content (AvgIpc) is 3.12. The molecule has 6 heteroatoms. The summed E-state index contributed by atoms with van der Waals surface area (Å²) < 4.78 is 11.6. The lowest BCUT2D eigenvalue weighted by Gasteiger charge is -2.32. The molecule has 1 aliphatic heterocycles. The first-order chi connectivity index (χ1) is 13.1. The highest BCUT2D eigenvalue weighted by Crippen LogP contribution is 2.25. The first-order valence-corrected chi connectivity index (χ1v) is 9.30. The molecule has 0 bridgehead atoms. The predicted molar refractivity (Wildman–Crippen MR) is 102 cm³/mol. The number of rotatable bonds is 4. The van der Waals surface area contributed by atoms with Crippen LogP contribution < -0.4 is 4.74 Å². The summed E-state index contributed by atoms with van der Waals surface area (Å²) in [4.78, 5) is 23.2. The number of nitrogens with zero attached hydrogens (tertiary/aromatic N) is 3. The molecule has 0 aromatic carbocycles. The fourth-order valence-electron chi connectivity index (χ4n) is 3.54. The quantitative estimate of drug-likeness (QED) is 0.704. The lowest BCUT2D eigenvalue weighted by Crippen LogP contribution is -2.41. The largest absolute Gasteiger partial charge is 0.491 e. The highest BCUT2D eigenvalue weighted by molar-refractivity contribution is 5.91. The molecular formula is C21H23N3O3. The van der Waals surface area contributed by atoms with Gasteiger partial charge in [0.25, 0.3) is 5.91 Å². The molecule has 1 saturated heterocycles. The molecular weight excluding hydrogens is 342 g/mol. The van der Waals surface area contributed by atoms with Gasteiger partial charge in [0.05, 0.1) is 17.8 Å². The van der Waals surface area contributed by atoms with Crippen molar-refractivity contribution in [1.82, 2.24) is 14.9 Å². The fraction of sp³-hybridized carbons (Fsp3) is 0.381. The standard InChI is InChI=1S/C21H23N3O3/c1-14-5-6-19(27-14)21(25)24-9-3-4-16(12-24)13-26-20-10-17-11-22-8-7-18(17)23-15(20)2/h5-8,10-11,16H,3-4,9,12-13H2,1-2H3. The highest BCUT2D eigenvalue weighted by Gasteiger charge is 2.26. The average molecular weight is 365 g/mol. The van der Waals surface area contributed by atoms with Gasteiger partial charge < -0.3 is 14.1 Å². The van der Waals surface area contributed by atoms with Gasteiger partial charge in [0.2, 0.25) is 0 Å². The monoisotopic (exact) mass is 365 g/mol. The Bertz CT molecular complexity index is 966. The number of amides is 1. The van der Waals surface area contributed by atoms with E-state index < -0.39 is 0 Å². The number of likely N-dealkylation sites (tertiary alicyclic amines) is 1. The Labute approximate surface area is 158 Å². The van der Waals surface area contributed by atoms with E-state index in [0.29, 0.717) is 24.8 Å². The van der Waals surface area contributed by atoms with Crippen LogP contribution in [0, 0.1) is 19.8 Å². The number of aromatic nitrogens is 2. The summed E-state index contributed by atoms with van der Waals surface area (Å²) in [6, 6.07) is 7.45. The van der Waals surface area contributed by atoms with Gasteiger partial charge in [-0.05, 0) is 51.0 Å². The summed E-state index contributed by atoms with van der Waals surface area (Å²) in [5.74, 6) is 2.20. The second kappa shape index (κ2) is 7.39. The number of furan rings is 1. The minimum Gasteiger partial charge on any atom is -0.491 e. The van der Waals surface area contributed by atoms with E-state index in [1.165, 1.54) is 0 Å². The Morgan fingerprint density at radius 3 is 3.04 bits per heavy atom. The third-order valence-corrected chi connectivity index (χ3v) is 4.99. The number of carbonyl (C=O) groups excluding carboxylic acids is 1. The van der Waals surface area contributed by atoms with Gasteiger partial charge in [-0.15, -0.1) is 0 Å². The maximum Gasteiger partial charge on any atom is 0.289 e. The fourth-order valence-corrected chi connectivity index (χ4v) is 3.54. The van der Waals surface area contributed by atoms with Gasteiger partial charge in [0, 0.05) is 36.8 Å². The summed E-state index contributed by atoms with van der Waals surface area (Å²) >= 11 is 0. The first-order valence-electron chi connectivity index (χ1n) is 9.30. The van der Waals surface area contributed by atoms with Gasteiger partial charge in [-0.1, -0.05) is 0 Å². The zero-order valence-electron chi connectivity index (χ0n) is 15.6. The third-order valence-electron chi connectivity index (χ3n) is 4.99. The van der Waals surface area contributed by atoms with Gasteiger partial charge in [-0.25, -0.2) is 4.98 Å². The Hall–Kier alpha value is -2.89. The smallest absolute Gasteiger partial charge is 0.289 e. The maximum absolute atomic E-state index is 12.6. The molecule has 4 heterocycles. The Kier molecular flexibility index (Phi) is 4.79. The lowest BCUT2D eigenvalue weighted by molar-refractivity contribution is 0.0600. The molecule has 6 nitrogen and oxygen atoms in total. The van der Waals surface area contributed by atoms with Crippen molar-refractivity contribution in [2.24, 2.45) is 5.92 Å². The molecule has 140 valence electrons. The van der Waals surface area contributed by atoms with Crippen molar-refractivity contribution in [2.45, 2.75) is 26.7 Å². The van der Waals surface area contributed by atoms with Crippen LogP contribution in [0.3, 0.4) is 0 Å². The van der Waals surface area contributed by atoms with Crippen LogP contribution in [0.4, 0.5) is 0 Å². The summed E-state index contributed by atoms with van der Waals surface area (Å²) in [6.45, 7) is 5.80. The number of carbonyl (C=O) groups is 1. The van der Waals surface area contributed by atoms with Crippen molar-refractivity contribution in [3.8, 4) is 5.75 Å². The van der Waals surface area contributed by atoms with E-state index in [-0.39, 0.29) is 5.91 Å². The Morgan fingerprint density at radius 1 is 1.33 bits per heavy atom. The number of hydrogen-bond donors (Lipinski definition) is 0. The summed E-state index contributed by atoms with van der Waals surface area (Å²) in [5, 5.41) is 0.965. The normalized spacial score (nSPS) is 17.3. The van der Waals surface area contributed by atoms with Crippen molar-refractivity contribution in [3.63, 3.8) is 0 Å². The van der Waals surface area contributed by atoms with Gasteiger partial charge >= 0.3 is 0 Å². The van der Waals surface area contributed by atoms with Gasteiger partial charge in [-0.2, -0.15) is 0 Å². The third kappa shape index (κ3) is 3.79. The van der Waals surface area contributed by atoms with E-state index in [4.69, 9.17) is 9.15 Å². The molecule has 1 unspecified atom stereocenters. The molecule has 1 atom stereocenters. The molecule has 0 radical (unpaired) electrons. The number of pyridine rings is 2. The summed E-state index contributed by atoms with van der Waals surface area (Å²) in [6.07, 6.45) is 5.55. The molecule has 1 amide bonds. The zero-order chi connectivity index (χ0) is 18.8. The molecule has 3 aromatic heterocycles. The second-order valence-corrected chi connectivity index (χ2v) is 7.12. The van der Waals surface area contributed by atoms with Crippen LogP contribution >= 0.6 is 0 Å². The van der Waals surface area contributed by atoms with Gasteiger partial charge in [-0.3, -0.25) is 9.78 Å². The van der Waals surface area contributed by atoms with Crippen LogP contribution in [0.1, 0.15) is 34.9 Å². The molecule has 1 aliphatic rings. The van der Waals surface area contributed by atoms with E-state index in [2.05, 4.69) is 9.97 Å². The molecule has 0 spiro atoms. The van der Waals surface area contributed by atoms with E-state index in [1.807, 2.05) is 36.9 Å². The molecule has 3 aromatic rings. The first kappa shape index (κ1) is 17.5. The van der Waals surface area contributed by atoms with Gasteiger partial charge in [0.15, 0.2) is 5.76 Å². The SMILES string of the molecule is Cc1ccc(C(=O)N2CCCC(COc3cc4cnccc4nc3C)C2)o1. The zero-order valence-corrected chi connectivity index (χ0v) is 15.6. The maximum atomic E-state index is 12.6. The minimum atomic E-state index is -0.0394. The molecule has 0 aliphatic carbocycles. The van der Waals surface area contributed by atoms with Gasteiger partial charge in [0.1, 0.15) is 11.5 Å². The molecule has 0 saturated carbocycles. The van der Waals surface area contributed by atoms with E-state index >= 15 is 0 Å². The predicted octanol–water partition coefficient (Wildman–Crippen LogP) is 3.77. The van der Waals surface area contributed by atoms with Crippen LogP contribution in [0.2, 0.25) is 0 Å².